The zero-order chi connectivity index (χ0) is 17.8. The molecule has 3 aliphatic rings. The molecule has 26 heavy (non-hydrogen) atoms. The summed E-state index contributed by atoms with van der Waals surface area (Å²) in [5.74, 6) is 0.682. The fourth-order valence-corrected chi connectivity index (χ4v) is 5.78. The molecule has 0 bridgehead atoms. The normalized spacial score (nSPS) is 26.9. The van der Waals surface area contributed by atoms with E-state index in [1.54, 1.807) is 5.57 Å². The van der Waals surface area contributed by atoms with Gasteiger partial charge in [0.2, 0.25) is 0 Å². The van der Waals surface area contributed by atoms with Gasteiger partial charge in [-0.25, -0.2) is 0 Å². The summed E-state index contributed by atoms with van der Waals surface area (Å²) in [6.07, 6.45) is 19.7. The maximum Gasteiger partial charge on any atom is 0.0708 e. The number of fused-ring (bicyclic) bond motifs is 2. The van der Waals surface area contributed by atoms with Crippen LogP contribution in [0.4, 0.5) is 5.69 Å². The predicted molar refractivity (Wildman–Crippen MR) is 111 cm³/mol. The fourth-order valence-electron chi connectivity index (χ4n) is 5.78. The summed E-state index contributed by atoms with van der Waals surface area (Å²) in [5, 5.41) is 5.18. The second kappa shape index (κ2) is 8.19. The van der Waals surface area contributed by atoms with E-state index in [9.17, 15) is 0 Å². The van der Waals surface area contributed by atoms with E-state index in [1.165, 1.54) is 107 Å². The van der Waals surface area contributed by atoms with Gasteiger partial charge in [0.1, 0.15) is 0 Å². The minimum Gasteiger partial charge on any atom is -0.252 e. The second-order valence-electron chi connectivity index (χ2n) is 9.27. The van der Waals surface area contributed by atoms with E-state index >= 15 is 0 Å². The summed E-state index contributed by atoms with van der Waals surface area (Å²) in [7, 11) is 0. The lowest BCUT2D eigenvalue weighted by atomic mass is 9.64. The van der Waals surface area contributed by atoms with Crippen molar-refractivity contribution in [2.75, 3.05) is 0 Å². The van der Waals surface area contributed by atoms with Crippen molar-refractivity contribution in [1.82, 2.24) is 5.32 Å². The van der Waals surface area contributed by atoms with Gasteiger partial charge in [-0.15, -0.1) is 0 Å². The third kappa shape index (κ3) is 3.73. The molecule has 1 aromatic rings. The van der Waals surface area contributed by atoms with E-state index in [0.29, 0.717) is 11.3 Å². The van der Waals surface area contributed by atoms with Crippen LogP contribution in [0.3, 0.4) is 0 Å². The highest BCUT2D eigenvalue weighted by Gasteiger charge is 2.41. The molecular formula is C25H36N. The Morgan fingerprint density at radius 3 is 2.12 bits per heavy atom. The van der Waals surface area contributed by atoms with Crippen LogP contribution in [0.25, 0.3) is 5.57 Å². The van der Waals surface area contributed by atoms with Crippen LogP contribution in [0.2, 0.25) is 0 Å². The van der Waals surface area contributed by atoms with E-state index in [2.05, 4.69) is 31.2 Å². The largest absolute Gasteiger partial charge is 0.252 e. The van der Waals surface area contributed by atoms with Gasteiger partial charge in [-0.1, -0.05) is 82.9 Å². The highest BCUT2D eigenvalue weighted by molar-refractivity contribution is 5.82. The zero-order valence-electron chi connectivity index (χ0n) is 16.7. The van der Waals surface area contributed by atoms with Gasteiger partial charge in [0.05, 0.1) is 5.69 Å². The highest BCUT2D eigenvalue weighted by atomic mass is 14.9. The molecular weight excluding hydrogens is 314 g/mol. The van der Waals surface area contributed by atoms with Gasteiger partial charge >= 0.3 is 0 Å². The Hall–Kier alpha value is -1.24. The van der Waals surface area contributed by atoms with Gasteiger partial charge in [0.25, 0.3) is 0 Å². The molecule has 2 aliphatic carbocycles. The average Bonchev–Trinajstić information content (AvgIpc) is 3.03. The first-order chi connectivity index (χ1) is 12.8. The van der Waals surface area contributed by atoms with Gasteiger partial charge in [-0.2, -0.15) is 0 Å². The van der Waals surface area contributed by atoms with Gasteiger partial charge in [0.15, 0.2) is 0 Å². The Bertz CT molecular complexity index is 629. The first-order valence-electron chi connectivity index (χ1n) is 11.3. The predicted octanol–water partition coefficient (Wildman–Crippen LogP) is 7.76. The Balaban J connectivity index is 1.56. The minimum atomic E-state index is 0.450. The third-order valence-corrected chi connectivity index (χ3v) is 7.37. The molecule has 1 atom stereocenters. The quantitative estimate of drug-likeness (QED) is 0.491. The fraction of sp³-hybridized carbons (Fsp3) is 0.680. The van der Waals surface area contributed by atoms with Crippen LogP contribution >= 0.6 is 0 Å². The van der Waals surface area contributed by atoms with Crippen LogP contribution in [0.15, 0.2) is 30.0 Å². The van der Waals surface area contributed by atoms with E-state index < -0.39 is 0 Å². The summed E-state index contributed by atoms with van der Waals surface area (Å²) in [5.41, 5.74) is 6.19. The van der Waals surface area contributed by atoms with E-state index in [-0.39, 0.29) is 0 Å². The van der Waals surface area contributed by atoms with Crippen molar-refractivity contribution in [2.24, 2.45) is 11.3 Å². The molecule has 1 aromatic carbocycles. The lowest BCUT2D eigenvalue weighted by Gasteiger charge is -2.41. The van der Waals surface area contributed by atoms with Crippen molar-refractivity contribution in [1.29, 1.82) is 0 Å². The van der Waals surface area contributed by atoms with E-state index in [0.717, 1.165) is 0 Å². The number of para-hydroxylation sites is 1. The molecule has 0 spiro atoms. The summed E-state index contributed by atoms with van der Waals surface area (Å²) in [6.45, 7) is 2.61. The molecule has 4 rings (SSSR count). The molecule has 1 saturated carbocycles. The van der Waals surface area contributed by atoms with Crippen molar-refractivity contribution in [3.05, 3.63) is 35.5 Å². The Labute approximate surface area is 160 Å². The summed E-state index contributed by atoms with van der Waals surface area (Å²) < 4.78 is 0. The van der Waals surface area contributed by atoms with Gasteiger partial charge in [-0.05, 0) is 49.2 Å². The molecule has 0 aromatic heterocycles. The smallest absolute Gasteiger partial charge is 0.0708 e. The standard InChI is InChI=1S/C25H36N/c1-25(18-11-7-5-3-2-4-6-8-12-19-25)22-16-13-15-21-20-14-9-10-17-23(20)26-24(21)22/h9-10,14,17,22H,2-8,11-13,15-16,18-19H2,1H3. The van der Waals surface area contributed by atoms with Crippen LogP contribution in [0, 0.1) is 11.3 Å². The Kier molecular flexibility index (Phi) is 5.72. The number of hydrogen-bond acceptors (Lipinski definition) is 0. The number of benzene rings is 1. The maximum absolute atomic E-state index is 5.18. The van der Waals surface area contributed by atoms with Gasteiger partial charge in [-0.3, -0.25) is 5.32 Å². The second-order valence-corrected chi connectivity index (χ2v) is 9.27. The number of nitrogens with zero attached hydrogens (tertiary/aromatic N) is 1. The van der Waals surface area contributed by atoms with Crippen molar-refractivity contribution in [3.63, 3.8) is 0 Å². The molecule has 1 unspecified atom stereocenters. The maximum atomic E-state index is 5.18. The first kappa shape index (κ1) is 18.1. The van der Waals surface area contributed by atoms with Crippen LogP contribution in [-0.4, -0.2) is 0 Å². The lowest BCUT2D eigenvalue weighted by molar-refractivity contribution is 0.149. The molecule has 1 heterocycles. The Morgan fingerprint density at radius 1 is 0.808 bits per heavy atom. The van der Waals surface area contributed by atoms with Gasteiger partial charge in [0, 0.05) is 17.2 Å². The van der Waals surface area contributed by atoms with Crippen LogP contribution in [-0.2, 0) is 0 Å². The van der Waals surface area contributed by atoms with E-state index in [4.69, 9.17) is 5.32 Å². The summed E-state index contributed by atoms with van der Waals surface area (Å²) in [4.78, 5) is 0. The number of hydrogen-bond donors (Lipinski definition) is 0. The van der Waals surface area contributed by atoms with Crippen molar-refractivity contribution in [3.8, 4) is 0 Å². The molecule has 1 fully saturated rings. The first-order valence-corrected chi connectivity index (χ1v) is 11.3. The lowest BCUT2D eigenvalue weighted by Crippen LogP contribution is -2.32. The Morgan fingerprint density at radius 2 is 1.42 bits per heavy atom. The molecule has 0 saturated heterocycles. The van der Waals surface area contributed by atoms with Crippen molar-refractivity contribution < 1.29 is 0 Å². The van der Waals surface area contributed by atoms with Crippen molar-refractivity contribution >= 4 is 11.3 Å². The van der Waals surface area contributed by atoms with Crippen LogP contribution in [0.5, 0.6) is 0 Å². The van der Waals surface area contributed by atoms with E-state index in [1.807, 2.05) is 0 Å². The molecule has 1 aliphatic heterocycles. The minimum absolute atomic E-state index is 0.450. The summed E-state index contributed by atoms with van der Waals surface area (Å²) >= 11 is 0. The summed E-state index contributed by atoms with van der Waals surface area (Å²) in [6, 6.07) is 8.85. The SMILES string of the molecule is CC1(C2CCCC3=C2[N]c2ccccc23)CCCCCCCCCCC1. The molecule has 1 heteroatoms. The van der Waals surface area contributed by atoms with Crippen molar-refractivity contribution in [2.45, 2.75) is 96.8 Å². The molecule has 1 nitrogen and oxygen atoms in total. The molecule has 0 N–H and O–H groups in total. The van der Waals surface area contributed by atoms with Gasteiger partial charge < -0.3 is 0 Å². The molecule has 141 valence electrons. The highest BCUT2D eigenvalue weighted by Crippen LogP contribution is 2.53. The molecule has 0 amide bonds. The number of allylic oxidation sites excluding steroid dienone is 2. The van der Waals surface area contributed by atoms with Crippen LogP contribution in [0.1, 0.15) is 102 Å². The molecule has 1 radical (unpaired) electrons. The van der Waals surface area contributed by atoms with Crippen LogP contribution < -0.4 is 5.32 Å². The third-order valence-electron chi connectivity index (χ3n) is 7.37. The number of rotatable bonds is 1. The monoisotopic (exact) mass is 350 g/mol. The zero-order valence-corrected chi connectivity index (χ0v) is 16.7. The topological polar surface area (TPSA) is 14.1 Å². The average molecular weight is 351 g/mol.